The van der Waals surface area contributed by atoms with E-state index in [9.17, 15) is 13.2 Å². The summed E-state index contributed by atoms with van der Waals surface area (Å²) in [6.45, 7) is 3.13. The van der Waals surface area contributed by atoms with Gasteiger partial charge in [-0.05, 0) is 30.2 Å². The fourth-order valence-corrected chi connectivity index (χ4v) is 2.97. The van der Waals surface area contributed by atoms with Gasteiger partial charge >= 0.3 is 0 Å². The zero-order chi connectivity index (χ0) is 16.0. The first-order chi connectivity index (χ1) is 9.77. The fraction of sp³-hybridized carbons (Fsp3) is 0.357. The Morgan fingerprint density at radius 3 is 2.33 bits per heavy atom. The first-order valence-electron chi connectivity index (χ1n) is 6.29. The molecular formula is C14H18N2O4S. The molecule has 0 heterocycles. The van der Waals surface area contributed by atoms with Crippen molar-refractivity contribution in [3.05, 3.63) is 29.8 Å². The molecule has 21 heavy (non-hydrogen) atoms. The highest BCUT2D eigenvalue weighted by Gasteiger charge is 2.26. The van der Waals surface area contributed by atoms with Crippen molar-refractivity contribution in [3.8, 4) is 11.8 Å². The molecule has 0 radical (unpaired) electrons. The Labute approximate surface area is 124 Å². The average Bonchev–Trinajstić information content (AvgIpc) is 2.42. The van der Waals surface area contributed by atoms with Crippen molar-refractivity contribution in [3.63, 3.8) is 0 Å². The van der Waals surface area contributed by atoms with Crippen LogP contribution in [0.2, 0.25) is 0 Å². The summed E-state index contributed by atoms with van der Waals surface area (Å²) in [7, 11) is -3.84. The quantitative estimate of drug-likeness (QED) is 0.655. The van der Waals surface area contributed by atoms with Crippen LogP contribution in [-0.4, -0.2) is 32.1 Å². The van der Waals surface area contributed by atoms with Gasteiger partial charge in [-0.15, -0.1) is 0 Å². The average molecular weight is 310 g/mol. The number of hydrogen-bond acceptors (Lipinski definition) is 4. The van der Waals surface area contributed by atoms with Crippen LogP contribution in [0.3, 0.4) is 0 Å². The lowest BCUT2D eigenvalue weighted by molar-refractivity contribution is -0.120. The van der Waals surface area contributed by atoms with Crippen molar-refractivity contribution >= 4 is 15.9 Å². The molecule has 0 aliphatic carbocycles. The molecule has 1 aromatic carbocycles. The largest absolute Gasteiger partial charge is 0.384 e. The highest BCUT2D eigenvalue weighted by Crippen LogP contribution is 2.12. The van der Waals surface area contributed by atoms with Gasteiger partial charge in [-0.3, -0.25) is 4.79 Å². The van der Waals surface area contributed by atoms with Crippen LogP contribution in [0.15, 0.2) is 29.2 Å². The fourth-order valence-electron chi connectivity index (χ4n) is 1.62. The molecule has 0 fully saturated rings. The first kappa shape index (κ1) is 17.2. The van der Waals surface area contributed by atoms with E-state index in [0.717, 1.165) is 0 Å². The van der Waals surface area contributed by atoms with Gasteiger partial charge in [0.25, 0.3) is 0 Å². The Balaban J connectivity index is 3.00. The summed E-state index contributed by atoms with van der Waals surface area (Å²) in [5.41, 5.74) is 5.78. The molecule has 0 aliphatic rings. The van der Waals surface area contributed by atoms with Gasteiger partial charge in [0.15, 0.2) is 0 Å². The third kappa shape index (κ3) is 4.86. The second-order valence-corrected chi connectivity index (χ2v) is 6.44. The lowest BCUT2D eigenvalue weighted by Gasteiger charge is -2.18. The number of amides is 1. The molecule has 1 unspecified atom stereocenters. The molecule has 1 rings (SSSR count). The zero-order valence-electron chi connectivity index (χ0n) is 11.8. The van der Waals surface area contributed by atoms with Crippen LogP contribution < -0.4 is 10.5 Å². The highest BCUT2D eigenvalue weighted by molar-refractivity contribution is 7.89. The van der Waals surface area contributed by atoms with E-state index in [1.54, 1.807) is 13.8 Å². The molecule has 0 aliphatic heterocycles. The van der Waals surface area contributed by atoms with Gasteiger partial charge in [-0.1, -0.05) is 25.7 Å². The SMILES string of the molecule is CC(C)C(NS(=O)(=O)c1ccc(C#CCO)cc1)C(N)=O. The molecule has 114 valence electrons. The molecule has 1 amide bonds. The van der Waals surface area contributed by atoms with Crippen molar-refractivity contribution in [1.29, 1.82) is 0 Å². The van der Waals surface area contributed by atoms with E-state index in [1.165, 1.54) is 24.3 Å². The van der Waals surface area contributed by atoms with Crippen molar-refractivity contribution in [2.24, 2.45) is 11.7 Å². The maximum Gasteiger partial charge on any atom is 0.241 e. The lowest BCUT2D eigenvalue weighted by Crippen LogP contribution is -2.47. The molecule has 6 nitrogen and oxygen atoms in total. The number of nitrogens with one attached hydrogen (secondary N) is 1. The summed E-state index contributed by atoms with van der Waals surface area (Å²) in [6, 6.07) is 4.82. The van der Waals surface area contributed by atoms with Crippen LogP contribution in [0, 0.1) is 17.8 Å². The van der Waals surface area contributed by atoms with Gasteiger partial charge in [0.05, 0.1) is 4.90 Å². The summed E-state index contributed by atoms with van der Waals surface area (Å²) in [5.74, 6) is 4.14. The van der Waals surface area contributed by atoms with Crippen LogP contribution in [0.4, 0.5) is 0 Å². The van der Waals surface area contributed by atoms with E-state index >= 15 is 0 Å². The van der Waals surface area contributed by atoms with Gasteiger partial charge in [0.2, 0.25) is 15.9 Å². The first-order valence-corrected chi connectivity index (χ1v) is 7.77. The molecule has 0 saturated heterocycles. The number of rotatable bonds is 5. The normalized spacial score (nSPS) is 12.6. The van der Waals surface area contributed by atoms with Gasteiger partial charge in [0, 0.05) is 5.56 Å². The second-order valence-electron chi connectivity index (χ2n) is 4.73. The van der Waals surface area contributed by atoms with Gasteiger partial charge in [-0.2, -0.15) is 4.72 Å². The van der Waals surface area contributed by atoms with E-state index in [4.69, 9.17) is 10.8 Å². The Hall–Kier alpha value is -1.88. The van der Waals surface area contributed by atoms with Crippen LogP contribution in [0.1, 0.15) is 19.4 Å². The van der Waals surface area contributed by atoms with Gasteiger partial charge in [0.1, 0.15) is 12.6 Å². The minimum atomic E-state index is -3.84. The minimum absolute atomic E-state index is 0.0175. The number of aliphatic hydroxyl groups is 1. The Morgan fingerprint density at radius 2 is 1.90 bits per heavy atom. The molecule has 1 aromatic rings. The van der Waals surface area contributed by atoms with Crippen molar-refractivity contribution in [2.75, 3.05) is 6.61 Å². The van der Waals surface area contributed by atoms with E-state index in [2.05, 4.69) is 16.6 Å². The van der Waals surface area contributed by atoms with Crippen LogP contribution in [0.5, 0.6) is 0 Å². The van der Waals surface area contributed by atoms with Gasteiger partial charge in [-0.25, -0.2) is 8.42 Å². The summed E-state index contributed by atoms with van der Waals surface area (Å²) < 4.78 is 26.7. The summed E-state index contributed by atoms with van der Waals surface area (Å²) in [4.78, 5) is 11.3. The molecule has 0 saturated carbocycles. The maximum absolute atomic E-state index is 12.2. The third-order valence-electron chi connectivity index (χ3n) is 2.73. The monoisotopic (exact) mass is 310 g/mol. The molecule has 4 N–H and O–H groups in total. The maximum atomic E-state index is 12.2. The van der Waals surface area contributed by atoms with Crippen LogP contribution in [0.25, 0.3) is 0 Å². The summed E-state index contributed by atoms with van der Waals surface area (Å²) in [5, 5.41) is 8.59. The highest BCUT2D eigenvalue weighted by atomic mass is 32.2. The summed E-state index contributed by atoms with van der Waals surface area (Å²) >= 11 is 0. The van der Waals surface area contributed by atoms with E-state index in [1.807, 2.05) is 0 Å². The van der Waals surface area contributed by atoms with Crippen LogP contribution in [-0.2, 0) is 14.8 Å². The second kappa shape index (κ2) is 7.22. The topological polar surface area (TPSA) is 109 Å². The molecule has 7 heteroatoms. The van der Waals surface area contributed by atoms with Crippen molar-refractivity contribution in [2.45, 2.75) is 24.8 Å². The molecular weight excluding hydrogens is 292 g/mol. The standard InChI is InChI=1S/C14H18N2O4S/c1-10(2)13(14(15)18)16-21(19,20)12-7-5-11(6-8-12)4-3-9-17/h5-8,10,13,16-17H,9H2,1-2H3,(H2,15,18). The number of hydrogen-bond donors (Lipinski definition) is 3. The van der Waals surface area contributed by atoms with Crippen molar-refractivity contribution < 1.29 is 18.3 Å². The van der Waals surface area contributed by atoms with E-state index in [-0.39, 0.29) is 17.4 Å². The smallest absolute Gasteiger partial charge is 0.241 e. The minimum Gasteiger partial charge on any atom is -0.384 e. The number of aliphatic hydroxyl groups excluding tert-OH is 1. The molecule has 0 spiro atoms. The summed E-state index contributed by atoms with van der Waals surface area (Å²) in [6.07, 6.45) is 0. The molecule has 0 aromatic heterocycles. The Kier molecular flexibility index (Phi) is 5.90. The number of sulfonamides is 1. The number of carbonyl (C=O) groups is 1. The number of carbonyl (C=O) groups excluding carboxylic acids is 1. The number of benzene rings is 1. The third-order valence-corrected chi connectivity index (χ3v) is 4.19. The van der Waals surface area contributed by atoms with Crippen molar-refractivity contribution in [1.82, 2.24) is 4.72 Å². The molecule has 0 bridgehead atoms. The zero-order valence-corrected chi connectivity index (χ0v) is 12.6. The Bertz CT molecular complexity index is 654. The predicted octanol–water partition coefficient (Wildman–Crippen LogP) is -0.181. The van der Waals surface area contributed by atoms with E-state index < -0.39 is 22.0 Å². The number of primary amides is 1. The lowest BCUT2D eigenvalue weighted by atomic mass is 10.1. The van der Waals surface area contributed by atoms with Gasteiger partial charge < -0.3 is 10.8 Å². The van der Waals surface area contributed by atoms with Crippen LogP contribution >= 0.6 is 0 Å². The predicted molar refractivity (Wildman–Crippen MR) is 78.5 cm³/mol. The number of nitrogens with two attached hydrogens (primary N) is 1. The molecule has 1 atom stereocenters. The Morgan fingerprint density at radius 1 is 1.33 bits per heavy atom. The van der Waals surface area contributed by atoms with E-state index in [0.29, 0.717) is 5.56 Å².